The van der Waals surface area contributed by atoms with E-state index in [1.807, 2.05) is 37.3 Å². The van der Waals surface area contributed by atoms with E-state index in [1.54, 1.807) is 0 Å². The zero-order valence-electron chi connectivity index (χ0n) is 12.8. The van der Waals surface area contributed by atoms with Crippen molar-refractivity contribution in [2.45, 2.75) is 25.4 Å². The molecule has 0 radical (unpaired) electrons. The normalized spacial score (nSPS) is 17.6. The molecular formula is C17H20NO4P. The second-order valence-electron chi connectivity index (χ2n) is 5.99. The molecule has 0 aromatic heterocycles. The Labute approximate surface area is 135 Å². The maximum atomic E-state index is 11.0. The van der Waals surface area contributed by atoms with Crippen LogP contribution in [0.4, 0.5) is 5.69 Å². The molecule has 0 spiro atoms. The molecule has 2 atom stereocenters. The van der Waals surface area contributed by atoms with Crippen LogP contribution in [-0.2, 0) is 9.30 Å². The number of rotatable bonds is 5. The lowest BCUT2D eigenvalue weighted by Gasteiger charge is -2.20. The number of fused-ring (bicyclic) bond motifs is 3. The van der Waals surface area contributed by atoms with E-state index in [4.69, 9.17) is 20.3 Å². The summed E-state index contributed by atoms with van der Waals surface area (Å²) in [6.07, 6.45) is -0.144. The van der Waals surface area contributed by atoms with Crippen molar-refractivity contribution in [3.05, 3.63) is 53.6 Å². The lowest BCUT2D eigenvalue weighted by atomic mass is 9.91. The first-order valence-electron chi connectivity index (χ1n) is 7.50. The third-order valence-electron chi connectivity index (χ3n) is 4.17. The molecule has 1 aliphatic rings. The summed E-state index contributed by atoms with van der Waals surface area (Å²) in [7, 11) is -4.14. The molecule has 0 aliphatic heterocycles. The number of nitrogens with two attached hydrogens (primary N) is 1. The maximum Gasteiger partial charge on any atom is 0.350 e. The van der Waals surface area contributed by atoms with Crippen molar-refractivity contribution < 1.29 is 19.1 Å². The van der Waals surface area contributed by atoms with Crippen molar-refractivity contribution in [1.29, 1.82) is 0 Å². The highest BCUT2D eigenvalue weighted by atomic mass is 31.2. The van der Waals surface area contributed by atoms with Gasteiger partial charge in [-0.1, -0.05) is 30.3 Å². The Morgan fingerprint density at radius 2 is 1.87 bits per heavy atom. The fraction of sp³-hybridized carbons (Fsp3) is 0.294. The van der Waals surface area contributed by atoms with Crippen molar-refractivity contribution >= 4 is 13.3 Å². The van der Waals surface area contributed by atoms with E-state index in [9.17, 15) is 4.57 Å². The van der Waals surface area contributed by atoms with Crippen molar-refractivity contribution in [3.8, 4) is 11.1 Å². The fourth-order valence-electron chi connectivity index (χ4n) is 3.20. The summed E-state index contributed by atoms with van der Waals surface area (Å²) >= 11 is 0. The molecular weight excluding hydrogens is 313 g/mol. The number of nitrogen functional groups attached to an aromatic ring is 1. The van der Waals surface area contributed by atoms with Crippen molar-refractivity contribution in [2.24, 2.45) is 0 Å². The average Bonchev–Trinajstić information content (AvgIpc) is 2.79. The van der Waals surface area contributed by atoms with Crippen LogP contribution in [0.25, 0.3) is 11.1 Å². The van der Waals surface area contributed by atoms with Gasteiger partial charge < -0.3 is 20.3 Å². The molecule has 122 valence electrons. The van der Waals surface area contributed by atoms with E-state index in [0.717, 1.165) is 11.3 Å². The van der Waals surface area contributed by atoms with Gasteiger partial charge in [0, 0.05) is 11.6 Å². The maximum absolute atomic E-state index is 11.0. The quantitative estimate of drug-likeness (QED) is 0.576. The number of benzene rings is 2. The summed E-state index contributed by atoms with van der Waals surface area (Å²) in [6, 6.07) is 14.1. The zero-order valence-corrected chi connectivity index (χ0v) is 13.7. The molecule has 0 saturated carbocycles. The number of hydrogen-bond donors (Lipinski definition) is 3. The third-order valence-corrected chi connectivity index (χ3v) is 4.66. The van der Waals surface area contributed by atoms with Gasteiger partial charge in [0.15, 0.2) is 0 Å². The SMILES string of the molecule is C[C@H](CC1c2ccccc2-c2cc(N)ccc21)OCP(=O)(O)O. The first-order chi connectivity index (χ1) is 10.8. The molecule has 6 heteroatoms. The summed E-state index contributed by atoms with van der Waals surface area (Å²) in [5.41, 5.74) is 11.3. The van der Waals surface area contributed by atoms with Gasteiger partial charge >= 0.3 is 7.60 Å². The van der Waals surface area contributed by atoms with Crippen LogP contribution >= 0.6 is 7.60 Å². The predicted molar refractivity (Wildman–Crippen MR) is 90.2 cm³/mol. The molecule has 3 rings (SSSR count). The van der Waals surface area contributed by atoms with Crippen LogP contribution in [-0.4, -0.2) is 22.2 Å². The Morgan fingerprint density at radius 1 is 1.17 bits per heavy atom. The molecule has 0 fully saturated rings. The summed E-state index contributed by atoms with van der Waals surface area (Å²) in [5.74, 6) is 0.147. The van der Waals surface area contributed by atoms with Crippen LogP contribution in [0.3, 0.4) is 0 Å². The Hall–Kier alpha value is -1.65. The predicted octanol–water partition coefficient (Wildman–Crippen LogP) is 3.31. The van der Waals surface area contributed by atoms with Gasteiger partial charge in [-0.15, -0.1) is 0 Å². The van der Waals surface area contributed by atoms with Crippen molar-refractivity contribution in [3.63, 3.8) is 0 Å². The third kappa shape index (κ3) is 3.48. The second kappa shape index (κ2) is 6.10. The van der Waals surface area contributed by atoms with Crippen molar-refractivity contribution in [1.82, 2.24) is 0 Å². The summed E-state index contributed by atoms with van der Waals surface area (Å²) in [4.78, 5) is 17.9. The molecule has 5 nitrogen and oxygen atoms in total. The molecule has 1 aliphatic carbocycles. The first-order valence-corrected chi connectivity index (χ1v) is 9.30. The number of ether oxygens (including phenoxy) is 1. The standard InChI is InChI=1S/C17H20NO4P/c1-11(22-10-23(19,20)21)8-16-13-4-2-3-5-14(13)17-9-12(18)6-7-15(16)17/h2-7,9,11,16H,8,10,18H2,1H3,(H2,19,20,21)/t11-,16?/m1/s1. The minimum atomic E-state index is -4.14. The Morgan fingerprint density at radius 3 is 2.61 bits per heavy atom. The van der Waals surface area contributed by atoms with Gasteiger partial charge in [-0.3, -0.25) is 4.57 Å². The van der Waals surface area contributed by atoms with Crippen molar-refractivity contribution in [2.75, 3.05) is 12.1 Å². The zero-order chi connectivity index (χ0) is 16.6. The molecule has 0 bridgehead atoms. The van der Waals surface area contributed by atoms with Gasteiger partial charge in [-0.05, 0) is 47.7 Å². The Bertz CT molecular complexity index is 771. The highest BCUT2D eigenvalue weighted by Crippen LogP contribution is 2.47. The van der Waals surface area contributed by atoms with Gasteiger partial charge in [0.1, 0.15) is 6.35 Å². The highest BCUT2D eigenvalue weighted by molar-refractivity contribution is 7.51. The second-order valence-corrected chi connectivity index (χ2v) is 7.58. The van der Waals surface area contributed by atoms with E-state index in [0.29, 0.717) is 6.42 Å². The topological polar surface area (TPSA) is 92.8 Å². The first kappa shape index (κ1) is 16.2. The largest absolute Gasteiger partial charge is 0.399 e. The van der Waals surface area contributed by atoms with E-state index in [-0.39, 0.29) is 12.0 Å². The molecule has 0 saturated heterocycles. The van der Waals surface area contributed by atoms with E-state index in [2.05, 4.69) is 12.1 Å². The van der Waals surface area contributed by atoms with Gasteiger partial charge in [0.05, 0.1) is 6.10 Å². The van der Waals surface area contributed by atoms with Crippen LogP contribution in [0, 0.1) is 0 Å². The Kier molecular flexibility index (Phi) is 4.30. The summed E-state index contributed by atoms with van der Waals surface area (Å²) in [5, 5.41) is 0. The van der Waals surface area contributed by atoms with Crippen LogP contribution in [0.1, 0.15) is 30.4 Å². The molecule has 4 N–H and O–H groups in total. The average molecular weight is 333 g/mol. The number of hydrogen-bond acceptors (Lipinski definition) is 3. The van der Waals surface area contributed by atoms with Gasteiger partial charge in [-0.2, -0.15) is 0 Å². The highest BCUT2D eigenvalue weighted by Gasteiger charge is 2.30. The van der Waals surface area contributed by atoms with Crippen LogP contribution in [0.15, 0.2) is 42.5 Å². The molecule has 0 heterocycles. The molecule has 2 aromatic carbocycles. The van der Waals surface area contributed by atoms with Crippen LogP contribution in [0.2, 0.25) is 0 Å². The summed E-state index contributed by atoms with van der Waals surface area (Å²) < 4.78 is 16.3. The minimum Gasteiger partial charge on any atom is -0.399 e. The van der Waals surface area contributed by atoms with E-state index >= 15 is 0 Å². The molecule has 1 unspecified atom stereocenters. The lowest BCUT2D eigenvalue weighted by molar-refractivity contribution is 0.0794. The monoisotopic (exact) mass is 333 g/mol. The van der Waals surface area contributed by atoms with Gasteiger partial charge in [0.2, 0.25) is 0 Å². The van der Waals surface area contributed by atoms with E-state index < -0.39 is 13.9 Å². The smallest absolute Gasteiger partial charge is 0.350 e. The van der Waals surface area contributed by atoms with E-state index in [1.165, 1.54) is 16.7 Å². The molecule has 0 amide bonds. The minimum absolute atomic E-state index is 0.147. The molecule has 2 aromatic rings. The summed E-state index contributed by atoms with van der Waals surface area (Å²) in [6.45, 7) is 1.84. The Balaban J connectivity index is 1.87. The van der Waals surface area contributed by atoms with Crippen LogP contribution in [0.5, 0.6) is 0 Å². The number of anilines is 1. The fourth-order valence-corrected chi connectivity index (χ4v) is 3.65. The van der Waals surface area contributed by atoms with Crippen LogP contribution < -0.4 is 5.73 Å². The van der Waals surface area contributed by atoms with Gasteiger partial charge in [-0.25, -0.2) is 0 Å². The molecule has 23 heavy (non-hydrogen) atoms. The van der Waals surface area contributed by atoms with Gasteiger partial charge in [0.25, 0.3) is 0 Å². The lowest BCUT2D eigenvalue weighted by Crippen LogP contribution is -2.14.